The minimum absolute atomic E-state index is 0.0128. The predicted molar refractivity (Wildman–Crippen MR) is 207 cm³/mol. The summed E-state index contributed by atoms with van der Waals surface area (Å²) in [5.74, 6) is -3.15. The van der Waals surface area contributed by atoms with Gasteiger partial charge in [-0.05, 0) is 29.5 Å². The number of hydrogen-bond acceptors (Lipinski definition) is 14. The summed E-state index contributed by atoms with van der Waals surface area (Å²) in [4.78, 5) is 72.7. The first kappa shape index (κ1) is 44.8. The van der Waals surface area contributed by atoms with Crippen molar-refractivity contribution in [1.29, 1.82) is 0 Å². The molecule has 1 amide bonds. The largest absolute Gasteiger partial charge is 0.463 e. The molecule has 1 aromatic heterocycles. The van der Waals surface area contributed by atoms with E-state index in [1.54, 1.807) is 13.0 Å². The molecule has 1 aliphatic heterocycles. The number of ether oxygens (including phenoxy) is 7. The maximum atomic E-state index is 12.8. The zero-order valence-corrected chi connectivity index (χ0v) is 33.7. The molecule has 1 saturated heterocycles. The van der Waals surface area contributed by atoms with Gasteiger partial charge in [0.15, 0.2) is 12.2 Å². The lowest BCUT2D eigenvalue weighted by Gasteiger charge is -2.43. The van der Waals surface area contributed by atoms with E-state index in [9.17, 15) is 28.8 Å². The fraction of sp³-hybridized carbons (Fsp3) is 0.452. The van der Waals surface area contributed by atoms with Gasteiger partial charge < -0.3 is 43.3 Å². The van der Waals surface area contributed by atoms with Crippen LogP contribution in [0.2, 0.25) is 0 Å². The van der Waals surface area contributed by atoms with Crippen LogP contribution in [0.25, 0.3) is 6.08 Å². The first-order chi connectivity index (χ1) is 27.6. The summed E-state index contributed by atoms with van der Waals surface area (Å²) in [5.41, 5.74) is 2.88. The molecule has 0 saturated carbocycles. The smallest absolute Gasteiger partial charge is 0.303 e. The van der Waals surface area contributed by atoms with Crippen molar-refractivity contribution in [1.82, 2.24) is 15.5 Å². The number of rotatable bonds is 19. The third-order valence-corrected chi connectivity index (χ3v) is 8.87. The van der Waals surface area contributed by atoms with Crippen LogP contribution in [0.3, 0.4) is 0 Å². The molecule has 16 heteroatoms. The molecule has 312 valence electrons. The Labute approximate surface area is 336 Å². The van der Waals surface area contributed by atoms with Gasteiger partial charge in [0.1, 0.15) is 24.7 Å². The minimum atomic E-state index is -1.46. The third-order valence-electron chi connectivity index (χ3n) is 8.87. The lowest BCUT2D eigenvalue weighted by Crippen LogP contribution is -2.63. The summed E-state index contributed by atoms with van der Waals surface area (Å²) in [5, 5.41) is 10.2. The number of nitrogens with zero attached hydrogens (tertiary/aromatic N) is 1. The average molecular weight is 806 g/mol. The number of H-pyrrole nitrogens is 1. The zero-order valence-electron chi connectivity index (χ0n) is 33.7. The molecule has 1 aliphatic rings. The molecule has 16 nitrogen and oxygen atoms in total. The lowest BCUT2D eigenvalue weighted by molar-refractivity contribution is -0.289. The second-order valence-electron chi connectivity index (χ2n) is 14.2. The van der Waals surface area contributed by atoms with E-state index in [4.69, 9.17) is 33.2 Å². The molecule has 58 heavy (non-hydrogen) atoms. The minimum Gasteiger partial charge on any atom is -0.463 e. The van der Waals surface area contributed by atoms with E-state index in [1.807, 2.05) is 74.5 Å². The van der Waals surface area contributed by atoms with Crippen LogP contribution in [0, 0.1) is 0 Å². The third kappa shape index (κ3) is 13.4. The van der Waals surface area contributed by atoms with Crippen LogP contribution in [-0.4, -0.2) is 89.3 Å². The summed E-state index contributed by atoms with van der Waals surface area (Å²) in [7, 11) is 0. The van der Waals surface area contributed by atoms with Crippen LogP contribution in [0.15, 0.2) is 60.7 Å². The van der Waals surface area contributed by atoms with Crippen molar-refractivity contribution >= 4 is 42.1 Å². The van der Waals surface area contributed by atoms with Gasteiger partial charge in [0.05, 0.1) is 13.0 Å². The van der Waals surface area contributed by atoms with Gasteiger partial charge in [0, 0.05) is 51.8 Å². The molecule has 2 N–H and O–H groups in total. The Morgan fingerprint density at radius 2 is 1.50 bits per heavy atom. The monoisotopic (exact) mass is 805 g/mol. The molecule has 0 aliphatic carbocycles. The molecule has 0 radical (unpaired) electrons. The van der Waals surface area contributed by atoms with Crippen LogP contribution >= 0.6 is 0 Å². The number of aldehydes is 1. The maximum absolute atomic E-state index is 12.8. The zero-order chi connectivity index (χ0) is 42.4. The van der Waals surface area contributed by atoms with E-state index < -0.39 is 66.9 Å². The molecule has 0 bridgehead atoms. The van der Waals surface area contributed by atoms with E-state index in [2.05, 4.69) is 15.5 Å². The Kier molecular flexibility index (Phi) is 16.3. The molecule has 1 fully saturated rings. The Balaban J connectivity index is 1.50. The van der Waals surface area contributed by atoms with E-state index in [-0.39, 0.29) is 37.2 Å². The molecule has 4 rings (SSSR count). The highest BCUT2D eigenvalue weighted by molar-refractivity contribution is 5.79. The number of nitrogens with one attached hydrogen (secondary N) is 2. The highest BCUT2D eigenvalue weighted by Gasteiger charge is 2.53. The first-order valence-corrected chi connectivity index (χ1v) is 18.8. The SMILES string of the molecule is CC(=O)OC[C@H]1O[C@@H](Oc2n[nH]c(C(C)C)c2Cc2ccc(/C=C/CC(=O)NC(C)(CC=O)OCc3ccccc3)cc2)[C@H](OC(C)=O)[C@@H](OC(C)=O)[C@H]1OC(C)=O. The van der Waals surface area contributed by atoms with Crippen molar-refractivity contribution in [3.05, 3.63) is 88.6 Å². The summed E-state index contributed by atoms with van der Waals surface area (Å²) >= 11 is 0. The van der Waals surface area contributed by atoms with Crippen molar-refractivity contribution in [2.75, 3.05) is 6.61 Å². The molecule has 2 aromatic carbocycles. The van der Waals surface area contributed by atoms with E-state index >= 15 is 0 Å². The van der Waals surface area contributed by atoms with Gasteiger partial charge in [-0.3, -0.25) is 29.1 Å². The second kappa shape index (κ2) is 21.0. The number of aromatic nitrogens is 2. The Bertz CT molecular complexity index is 1910. The number of carbonyl (C=O) groups excluding carboxylic acids is 6. The van der Waals surface area contributed by atoms with Crippen LogP contribution in [0.4, 0.5) is 0 Å². The van der Waals surface area contributed by atoms with Gasteiger partial charge in [0.2, 0.25) is 24.2 Å². The van der Waals surface area contributed by atoms with Gasteiger partial charge in [-0.2, -0.15) is 0 Å². The van der Waals surface area contributed by atoms with Crippen molar-refractivity contribution in [3.63, 3.8) is 0 Å². The predicted octanol–water partition coefficient (Wildman–Crippen LogP) is 4.63. The molecule has 2 heterocycles. The maximum Gasteiger partial charge on any atom is 0.303 e. The van der Waals surface area contributed by atoms with Crippen molar-refractivity contribution < 1.29 is 61.9 Å². The molecule has 0 spiro atoms. The van der Waals surface area contributed by atoms with Crippen LogP contribution in [0.5, 0.6) is 5.88 Å². The van der Waals surface area contributed by atoms with Crippen molar-refractivity contribution in [2.45, 2.75) is 117 Å². The topological polar surface area (TPSA) is 208 Å². The van der Waals surface area contributed by atoms with Gasteiger partial charge >= 0.3 is 23.9 Å². The van der Waals surface area contributed by atoms with Crippen LogP contribution < -0.4 is 10.1 Å². The molecular formula is C42H51N3O13. The first-order valence-electron chi connectivity index (χ1n) is 18.8. The summed E-state index contributed by atoms with van der Waals surface area (Å²) in [6.07, 6.45) is -2.21. The van der Waals surface area contributed by atoms with Gasteiger partial charge in [-0.25, -0.2) is 0 Å². The number of benzene rings is 2. The average Bonchev–Trinajstić information content (AvgIpc) is 3.55. The summed E-state index contributed by atoms with van der Waals surface area (Å²) < 4.78 is 40.1. The fourth-order valence-corrected chi connectivity index (χ4v) is 6.22. The quantitative estimate of drug-likeness (QED) is 0.0734. The Hall–Kier alpha value is -5.87. The fourth-order valence-electron chi connectivity index (χ4n) is 6.22. The van der Waals surface area contributed by atoms with Crippen LogP contribution in [-0.2, 0) is 70.2 Å². The molecular weight excluding hydrogens is 754 g/mol. The van der Waals surface area contributed by atoms with Crippen molar-refractivity contribution in [3.8, 4) is 5.88 Å². The second-order valence-corrected chi connectivity index (χ2v) is 14.2. The van der Waals surface area contributed by atoms with E-state index in [0.717, 1.165) is 43.2 Å². The van der Waals surface area contributed by atoms with Gasteiger partial charge in [-0.1, -0.05) is 80.6 Å². The number of aromatic amines is 1. The molecule has 3 aromatic rings. The van der Waals surface area contributed by atoms with E-state index in [0.29, 0.717) is 18.3 Å². The molecule has 6 atom stereocenters. The van der Waals surface area contributed by atoms with Crippen LogP contribution in [0.1, 0.15) is 95.2 Å². The standard InChI is InChI=1S/C42H51N3O13/c1-25(2)36-33(22-31-18-16-30(17-19-31)14-11-15-35(51)43-42(7,20-21-46)53-23-32-12-9-8-10-13-32)40(45-44-36)58-41-39(56-29(6)50)38(55-28(5)49)37(54-27(4)48)34(57-41)24-52-26(3)47/h8-14,16-19,21,25,34,37-39,41H,15,20,22-24H2,1-7H3,(H,43,51)(H,44,45)/b14-11+/t34-,37+,38+,39-,41+,42?/m1/s1. The van der Waals surface area contributed by atoms with E-state index in [1.165, 1.54) is 6.92 Å². The van der Waals surface area contributed by atoms with Crippen molar-refractivity contribution in [2.24, 2.45) is 0 Å². The number of hydrogen-bond donors (Lipinski definition) is 2. The normalized spacial score (nSPS) is 20.1. The van der Waals surface area contributed by atoms with Gasteiger partial charge in [-0.15, -0.1) is 5.10 Å². The number of carbonyl (C=O) groups is 6. The Morgan fingerprint density at radius 1 is 0.862 bits per heavy atom. The van der Waals surface area contributed by atoms with Gasteiger partial charge in [0.25, 0.3) is 0 Å². The highest BCUT2D eigenvalue weighted by atomic mass is 16.7. The summed E-state index contributed by atoms with van der Waals surface area (Å²) in [6.45, 7) is 10.0. The summed E-state index contributed by atoms with van der Waals surface area (Å²) in [6, 6.07) is 17.1. The number of esters is 4. The number of amides is 1. The lowest BCUT2D eigenvalue weighted by atomic mass is 9.97. The Morgan fingerprint density at radius 3 is 2.10 bits per heavy atom. The molecule has 1 unspecified atom stereocenters. The highest BCUT2D eigenvalue weighted by Crippen LogP contribution is 2.34.